The van der Waals surface area contributed by atoms with Gasteiger partial charge < -0.3 is 15.5 Å². The molecule has 1 aromatic rings. The maximum Gasteiger partial charge on any atom is 0.391 e. The first-order valence-corrected chi connectivity index (χ1v) is 10.3. The van der Waals surface area contributed by atoms with Crippen molar-refractivity contribution in [1.82, 2.24) is 15.5 Å². The van der Waals surface area contributed by atoms with E-state index in [1.54, 1.807) is 26.0 Å². The van der Waals surface area contributed by atoms with Crippen molar-refractivity contribution in [2.45, 2.75) is 57.8 Å². The predicted octanol–water partition coefficient (Wildman–Crippen LogP) is 4.07. The number of hydrogen-bond donors (Lipinski definition) is 2. The third-order valence-corrected chi connectivity index (χ3v) is 6.29. The molecule has 2 fully saturated rings. The first-order chi connectivity index (χ1) is 14.1. The highest BCUT2D eigenvalue weighted by molar-refractivity contribution is 5.88. The topological polar surface area (TPSA) is 61.4 Å². The first kappa shape index (κ1) is 22.4. The molecule has 2 N–H and O–H groups in total. The second-order valence-corrected chi connectivity index (χ2v) is 8.25. The Morgan fingerprint density at radius 2 is 1.90 bits per heavy atom. The molecule has 3 rings (SSSR count). The summed E-state index contributed by atoms with van der Waals surface area (Å²) in [6.45, 7) is 3.91. The SMILES string of the molecule is Cc1cc(C(NC(=O)N2CCNC(=O)C2C)C2CCC(C(F)(F)F)CC2)ccc1F. The third-order valence-electron chi connectivity index (χ3n) is 6.29. The van der Waals surface area contributed by atoms with Crippen molar-refractivity contribution in [3.05, 3.63) is 35.1 Å². The summed E-state index contributed by atoms with van der Waals surface area (Å²) in [7, 11) is 0. The van der Waals surface area contributed by atoms with E-state index < -0.39 is 30.2 Å². The van der Waals surface area contributed by atoms with Crippen molar-refractivity contribution in [3.63, 3.8) is 0 Å². The molecule has 1 saturated carbocycles. The highest BCUT2D eigenvalue weighted by Crippen LogP contribution is 2.43. The highest BCUT2D eigenvalue weighted by Gasteiger charge is 2.43. The fourth-order valence-corrected chi connectivity index (χ4v) is 4.39. The number of rotatable bonds is 3. The van der Waals surface area contributed by atoms with Gasteiger partial charge in [-0.15, -0.1) is 0 Å². The van der Waals surface area contributed by atoms with Crippen LogP contribution in [0.4, 0.5) is 22.4 Å². The van der Waals surface area contributed by atoms with Gasteiger partial charge in [0.05, 0.1) is 12.0 Å². The zero-order chi connectivity index (χ0) is 22.1. The van der Waals surface area contributed by atoms with Crippen molar-refractivity contribution in [2.24, 2.45) is 11.8 Å². The lowest BCUT2D eigenvalue weighted by molar-refractivity contribution is -0.184. The van der Waals surface area contributed by atoms with Gasteiger partial charge in [0.15, 0.2) is 0 Å². The number of urea groups is 1. The van der Waals surface area contributed by atoms with Gasteiger partial charge in [0, 0.05) is 13.1 Å². The van der Waals surface area contributed by atoms with Gasteiger partial charge in [0.1, 0.15) is 11.9 Å². The Labute approximate surface area is 173 Å². The van der Waals surface area contributed by atoms with Crippen molar-refractivity contribution < 1.29 is 27.2 Å². The first-order valence-electron chi connectivity index (χ1n) is 10.3. The minimum Gasteiger partial charge on any atom is -0.353 e. The molecule has 3 amide bonds. The molecule has 1 saturated heterocycles. The predicted molar refractivity (Wildman–Crippen MR) is 103 cm³/mol. The van der Waals surface area contributed by atoms with Gasteiger partial charge in [-0.2, -0.15) is 13.2 Å². The number of piperazine rings is 1. The zero-order valence-corrected chi connectivity index (χ0v) is 17.1. The van der Waals surface area contributed by atoms with E-state index in [9.17, 15) is 27.2 Å². The van der Waals surface area contributed by atoms with Gasteiger partial charge >= 0.3 is 12.2 Å². The van der Waals surface area contributed by atoms with Crippen molar-refractivity contribution in [3.8, 4) is 0 Å². The van der Waals surface area contributed by atoms with Crippen LogP contribution in [0.15, 0.2) is 18.2 Å². The number of alkyl halides is 3. The van der Waals surface area contributed by atoms with Crippen LogP contribution in [0.2, 0.25) is 0 Å². The average molecular weight is 429 g/mol. The molecule has 0 aromatic heterocycles. The molecule has 166 valence electrons. The summed E-state index contributed by atoms with van der Waals surface area (Å²) in [5.74, 6) is -2.17. The summed E-state index contributed by atoms with van der Waals surface area (Å²) in [5, 5.41) is 5.62. The third kappa shape index (κ3) is 4.87. The van der Waals surface area contributed by atoms with Crippen LogP contribution >= 0.6 is 0 Å². The quantitative estimate of drug-likeness (QED) is 0.712. The lowest BCUT2D eigenvalue weighted by atomic mass is 9.76. The lowest BCUT2D eigenvalue weighted by Crippen LogP contribution is -2.58. The van der Waals surface area contributed by atoms with Crippen LogP contribution in [0.1, 0.15) is 49.8 Å². The second kappa shape index (κ2) is 8.81. The number of halogens is 4. The largest absolute Gasteiger partial charge is 0.391 e. The summed E-state index contributed by atoms with van der Waals surface area (Å²) in [4.78, 5) is 26.3. The van der Waals surface area contributed by atoms with E-state index in [0.29, 0.717) is 37.1 Å². The van der Waals surface area contributed by atoms with E-state index in [0.717, 1.165) is 0 Å². The number of hydrogen-bond acceptors (Lipinski definition) is 2. The number of aryl methyl sites for hydroxylation is 1. The molecule has 2 atom stereocenters. The molecule has 5 nitrogen and oxygen atoms in total. The van der Waals surface area contributed by atoms with Gasteiger partial charge in [-0.1, -0.05) is 12.1 Å². The van der Waals surface area contributed by atoms with E-state index in [1.165, 1.54) is 11.0 Å². The van der Waals surface area contributed by atoms with Gasteiger partial charge in [0.25, 0.3) is 0 Å². The Bertz CT molecular complexity index is 791. The number of benzene rings is 1. The molecule has 1 heterocycles. The molecular weight excluding hydrogens is 402 g/mol. The Morgan fingerprint density at radius 3 is 2.50 bits per heavy atom. The van der Waals surface area contributed by atoms with Crippen LogP contribution in [0.3, 0.4) is 0 Å². The molecule has 0 spiro atoms. The smallest absolute Gasteiger partial charge is 0.353 e. The van der Waals surface area contributed by atoms with Crippen LogP contribution < -0.4 is 10.6 Å². The molecule has 0 radical (unpaired) electrons. The molecule has 1 aliphatic heterocycles. The fraction of sp³-hybridized carbons (Fsp3) is 0.619. The minimum absolute atomic E-state index is 0.00321. The average Bonchev–Trinajstić information content (AvgIpc) is 2.69. The number of carbonyl (C=O) groups excluding carboxylic acids is 2. The molecule has 2 unspecified atom stereocenters. The number of carbonyl (C=O) groups is 2. The Hall–Kier alpha value is -2.32. The van der Waals surface area contributed by atoms with Crippen LogP contribution in [-0.4, -0.2) is 42.1 Å². The molecule has 1 aromatic carbocycles. The lowest BCUT2D eigenvalue weighted by Gasteiger charge is -2.38. The van der Waals surface area contributed by atoms with Gasteiger partial charge in [-0.3, -0.25) is 4.79 Å². The summed E-state index contributed by atoms with van der Waals surface area (Å²) >= 11 is 0. The monoisotopic (exact) mass is 429 g/mol. The summed E-state index contributed by atoms with van der Waals surface area (Å²) in [5.41, 5.74) is 1.06. The second-order valence-electron chi connectivity index (χ2n) is 8.25. The molecule has 0 bridgehead atoms. The van der Waals surface area contributed by atoms with Crippen LogP contribution in [0, 0.1) is 24.6 Å². The number of nitrogens with zero attached hydrogens (tertiary/aromatic N) is 1. The summed E-state index contributed by atoms with van der Waals surface area (Å²) in [6.07, 6.45) is -3.59. The van der Waals surface area contributed by atoms with E-state index >= 15 is 0 Å². The van der Waals surface area contributed by atoms with Crippen molar-refractivity contribution in [2.75, 3.05) is 13.1 Å². The summed E-state index contributed by atoms with van der Waals surface area (Å²) in [6, 6.07) is 2.86. The van der Waals surface area contributed by atoms with Crippen molar-refractivity contribution in [1.29, 1.82) is 0 Å². The van der Waals surface area contributed by atoms with Crippen LogP contribution in [0.25, 0.3) is 0 Å². The molecule has 2 aliphatic rings. The zero-order valence-electron chi connectivity index (χ0n) is 17.1. The fourth-order valence-electron chi connectivity index (χ4n) is 4.39. The van der Waals surface area contributed by atoms with E-state index in [4.69, 9.17) is 0 Å². The van der Waals surface area contributed by atoms with Gasteiger partial charge in [-0.05, 0) is 62.6 Å². The van der Waals surface area contributed by atoms with Crippen LogP contribution in [-0.2, 0) is 4.79 Å². The Kier molecular flexibility index (Phi) is 6.57. The minimum atomic E-state index is -4.22. The Morgan fingerprint density at radius 1 is 1.23 bits per heavy atom. The maximum absolute atomic E-state index is 13.8. The Balaban J connectivity index is 1.80. The number of nitrogens with one attached hydrogen (secondary N) is 2. The van der Waals surface area contributed by atoms with Gasteiger partial charge in [0.2, 0.25) is 5.91 Å². The molecular formula is C21H27F4N3O2. The summed E-state index contributed by atoms with van der Waals surface area (Å²) < 4.78 is 53.0. The normalized spacial score (nSPS) is 26.1. The van der Waals surface area contributed by atoms with Gasteiger partial charge in [-0.25, -0.2) is 9.18 Å². The number of amides is 3. The standard InChI is InChI=1S/C21H27F4N3O2/c1-12-11-15(5-8-17(12)22)18(14-3-6-16(7-4-14)21(23,24)25)27-20(30)28-10-9-26-19(29)13(28)2/h5,8,11,13-14,16,18H,3-4,6-7,9-10H2,1-2H3,(H,26,29)(H,27,30). The maximum atomic E-state index is 13.8. The van der Waals surface area contributed by atoms with Crippen LogP contribution in [0.5, 0.6) is 0 Å². The van der Waals surface area contributed by atoms with E-state index in [2.05, 4.69) is 10.6 Å². The molecule has 1 aliphatic carbocycles. The molecule has 30 heavy (non-hydrogen) atoms. The van der Waals surface area contributed by atoms with E-state index in [1.807, 2.05) is 0 Å². The van der Waals surface area contributed by atoms with Crippen molar-refractivity contribution >= 4 is 11.9 Å². The van der Waals surface area contributed by atoms with E-state index in [-0.39, 0.29) is 30.5 Å². The highest BCUT2D eigenvalue weighted by atomic mass is 19.4. The molecule has 9 heteroatoms.